The zero-order valence-electron chi connectivity index (χ0n) is 39.5. The Hall–Kier alpha value is -1.66. The first kappa shape index (κ1) is 57.3. The van der Waals surface area contributed by atoms with E-state index in [-0.39, 0.29) is 18.5 Å². The second kappa shape index (κ2) is 49.0. The number of hydrogen-bond acceptors (Lipinski definition) is 5. The molecule has 0 aromatic carbocycles. The van der Waals surface area contributed by atoms with Crippen LogP contribution in [0, 0.1) is 0 Å². The van der Waals surface area contributed by atoms with Gasteiger partial charge < -0.3 is 20.3 Å². The molecule has 0 fully saturated rings. The first-order chi connectivity index (χ1) is 29.0. The zero-order chi connectivity index (χ0) is 43.0. The van der Waals surface area contributed by atoms with E-state index in [4.69, 9.17) is 4.74 Å². The van der Waals surface area contributed by atoms with Crippen LogP contribution in [0.15, 0.2) is 24.3 Å². The summed E-state index contributed by atoms with van der Waals surface area (Å²) in [4.78, 5) is 24.4. The van der Waals surface area contributed by atoms with Crippen molar-refractivity contribution in [3.05, 3.63) is 24.3 Å². The summed E-state index contributed by atoms with van der Waals surface area (Å²) in [6.45, 7) is 4.87. The minimum absolute atomic E-state index is 0.000959. The lowest BCUT2D eigenvalue weighted by Gasteiger charge is -2.20. The van der Waals surface area contributed by atoms with E-state index in [2.05, 4.69) is 31.3 Å². The van der Waals surface area contributed by atoms with Crippen molar-refractivity contribution in [3.63, 3.8) is 0 Å². The molecular weight excluding hydrogens is 731 g/mol. The summed E-state index contributed by atoms with van der Waals surface area (Å²) in [5, 5.41) is 23.0. The molecule has 0 saturated carbocycles. The summed E-state index contributed by atoms with van der Waals surface area (Å²) in [5.74, 6) is -0.0823. The van der Waals surface area contributed by atoms with Gasteiger partial charge in [0.05, 0.1) is 25.4 Å². The molecule has 0 bridgehead atoms. The molecule has 0 heterocycles. The Morgan fingerprint density at radius 3 is 1.20 bits per heavy atom. The molecule has 348 valence electrons. The fraction of sp³-hybridized carbons (Fsp3) is 0.887. The van der Waals surface area contributed by atoms with Gasteiger partial charge in [0.15, 0.2) is 0 Å². The fourth-order valence-electron chi connectivity index (χ4n) is 7.92. The van der Waals surface area contributed by atoms with Gasteiger partial charge in [0, 0.05) is 12.8 Å². The lowest BCUT2D eigenvalue weighted by atomic mass is 10.0. The van der Waals surface area contributed by atoms with Crippen LogP contribution in [0.1, 0.15) is 277 Å². The van der Waals surface area contributed by atoms with Crippen LogP contribution >= 0.6 is 0 Å². The molecule has 0 spiro atoms. The van der Waals surface area contributed by atoms with Gasteiger partial charge in [-0.3, -0.25) is 9.59 Å². The van der Waals surface area contributed by atoms with Gasteiger partial charge in [0.1, 0.15) is 0 Å². The highest BCUT2D eigenvalue weighted by atomic mass is 16.5. The Balaban J connectivity index is 3.46. The van der Waals surface area contributed by atoms with E-state index in [1.807, 2.05) is 6.08 Å². The smallest absolute Gasteiger partial charge is 0.305 e. The fourth-order valence-corrected chi connectivity index (χ4v) is 7.92. The van der Waals surface area contributed by atoms with Crippen molar-refractivity contribution in [1.82, 2.24) is 5.32 Å². The van der Waals surface area contributed by atoms with Gasteiger partial charge in [-0.05, 0) is 57.8 Å². The number of esters is 1. The van der Waals surface area contributed by atoms with E-state index in [0.717, 1.165) is 57.8 Å². The van der Waals surface area contributed by atoms with Crippen LogP contribution in [-0.4, -0.2) is 47.4 Å². The predicted molar refractivity (Wildman–Crippen MR) is 255 cm³/mol. The molecule has 0 saturated heterocycles. The number of carbonyl (C=O) groups is 2. The van der Waals surface area contributed by atoms with Crippen LogP contribution < -0.4 is 5.32 Å². The third-order valence-electron chi connectivity index (χ3n) is 12.0. The van der Waals surface area contributed by atoms with E-state index in [1.165, 1.54) is 193 Å². The number of aliphatic hydroxyl groups is 2. The number of ether oxygens (including phenoxy) is 1. The normalized spacial score (nSPS) is 12.8. The molecule has 0 aliphatic heterocycles. The van der Waals surface area contributed by atoms with Gasteiger partial charge in [0.25, 0.3) is 0 Å². The number of unbranched alkanes of at least 4 members (excludes halogenated alkanes) is 35. The molecule has 0 aromatic rings. The molecule has 0 rings (SSSR count). The average Bonchev–Trinajstić information content (AvgIpc) is 3.24. The minimum atomic E-state index is -0.850. The van der Waals surface area contributed by atoms with Gasteiger partial charge in [-0.15, -0.1) is 0 Å². The Labute approximate surface area is 367 Å². The number of carbonyl (C=O) groups excluding carboxylic acids is 2. The molecular formula is C53H101NO5. The van der Waals surface area contributed by atoms with Crippen LogP contribution in [0.4, 0.5) is 0 Å². The molecule has 59 heavy (non-hydrogen) atoms. The van der Waals surface area contributed by atoms with Crippen LogP contribution in [0.3, 0.4) is 0 Å². The molecule has 6 heteroatoms. The standard InChI is InChI=1S/C53H101NO5/c1-3-5-7-9-11-13-15-16-23-27-31-35-39-43-47-53(58)59-48-44-40-36-32-28-24-21-19-17-18-20-22-26-30-34-38-42-46-52(57)54-50(49-55)51(56)45-41-37-33-29-25-14-12-10-8-6-4-2/h17,19,41,45,50-51,55-56H,3-16,18,20-40,42-44,46-49H2,1-2H3,(H,54,57)/b19-17-,45-41+. The number of rotatable bonds is 48. The monoisotopic (exact) mass is 832 g/mol. The second-order valence-electron chi connectivity index (χ2n) is 17.9. The average molecular weight is 832 g/mol. The summed E-state index contributed by atoms with van der Waals surface area (Å²) in [7, 11) is 0. The van der Waals surface area contributed by atoms with Crippen molar-refractivity contribution in [2.75, 3.05) is 13.2 Å². The highest BCUT2D eigenvalue weighted by Crippen LogP contribution is 2.15. The summed E-state index contributed by atoms with van der Waals surface area (Å²) in [6.07, 6.45) is 57.5. The summed E-state index contributed by atoms with van der Waals surface area (Å²) < 4.78 is 5.46. The van der Waals surface area contributed by atoms with Gasteiger partial charge in [-0.25, -0.2) is 0 Å². The lowest BCUT2D eigenvalue weighted by molar-refractivity contribution is -0.143. The molecule has 0 radical (unpaired) electrons. The van der Waals surface area contributed by atoms with E-state index >= 15 is 0 Å². The lowest BCUT2D eigenvalue weighted by Crippen LogP contribution is -2.45. The predicted octanol–water partition coefficient (Wildman–Crippen LogP) is 15.5. The largest absolute Gasteiger partial charge is 0.466 e. The maximum Gasteiger partial charge on any atom is 0.305 e. The van der Waals surface area contributed by atoms with Crippen molar-refractivity contribution in [3.8, 4) is 0 Å². The van der Waals surface area contributed by atoms with Gasteiger partial charge >= 0.3 is 5.97 Å². The first-order valence-electron chi connectivity index (χ1n) is 26.1. The van der Waals surface area contributed by atoms with E-state index in [0.29, 0.717) is 19.4 Å². The second-order valence-corrected chi connectivity index (χ2v) is 17.9. The molecule has 3 N–H and O–H groups in total. The van der Waals surface area contributed by atoms with Gasteiger partial charge in [0.2, 0.25) is 5.91 Å². The molecule has 1 amide bonds. The number of aliphatic hydroxyl groups excluding tert-OH is 2. The Kier molecular flexibility index (Phi) is 47.6. The van der Waals surface area contributed by atoms with Crippen LogP contribution in [0.5, 0.6) is 0 Å². The van der Waals surface area contributed by atoms with Crippen molar-refractivity contribution >= 4 is 11.9 Å². The van der Waals surface area contributed by atoms with Crippen molar-refractivity contribution in [1.29, 1.82) is 0 Å². The maximum absolute atomic E-state index is 12.4. The third kappa shape index (κ3) is 45.7. The summed E-state index contributed by atoms with van der Waals surface area (Å²) in [6, 6.07) is -0.634. The van der Waals surface area contributed by atoms with Crippen LogP contribution in [0.25, 0.3) is 0 Å². The quantitative estimate of drug-likeness (QED) is 0.0322. The number of amides is 1. The Bertz CT molecular complexity index is 920. The number of nitrogens with one attached hydrogen (secondary N) is 1. The Morgan fingerprint density at radius 1 is 0.458 bits per heavy atom. The molecule has 2 unspecified atom stereocenters. The van der Waals surface area contributed by atoms with Crippen LogP contribution in [-0.2, 0) is 14.3 Å². The molecule has 2 atom stereocenters. The Morgan fingerprint density at radius 2 is 0.797 bits per heavy atom. The van der Waals surface area contributed by atoms with E-state index in [9.17, 15) is 19.8 Å². The zero-order valence-corrected chi connectivity index (χ0v) is 39.5. The van der Waals surface area contributed by atoms with Crippen LogP contribution in [0.2, 0.25) is 0 Å². The number of allylic oxidation sites excluding steroid dienone is 3. The molecule has 0 aromatic heterocycles. The molecule has 0 aliphatic carbocycles. The molecule has 6 nitrogen and oxygen atoms in total. The van der Waals surface area contributed by atoms with Crippen molar-refractivity contribution in [2.45, 2.75) is 289 Å². The van der Waals surface area contributed by atoms with Gasteiger partial charge in [-0.2, -0.15) is 0 Å². The van der Waals surface area contributed by atoms with E-state index in [1.54, 1.807) is 6.08 Å². The topological polar surface area (TPSA) is 95.9 Å². The first-order valence-corrected chi connectivity index (χ1v) is 26.1. The minimum Gasteiger partial charge on any atom is -0.466 e. The highest BCUT2D eigenvalue weighted by molar-refractivity contribution is 5.76. The van der Waals surface area contributed by atoms with E-state index < -0.39 is 12.1 Å². The third-order valence-corrected chi connectivity index (χ3v) is 12.0. The summed E-state index contributed by atoms with van der Waals surface area (Å²) in [5.41, 5.74) is 0. The van der Waals surface area contributed by atoms with Crippen molar-refractivity contribution < 1.29 is 24.5 Å². The van der Waals surface area contributed by atoms with Crippen molar-refractivity contribution in [2.24, 2.45) is 0 Å². The SMILES string of the molecule is CCCCCCCCCCC/C=C/C(O)C(CO)NC(=O)CCCCCCCCC/C=C\CCCCCCCCOC(=O)CCCCCCCCCCCCCCCC. The number of hydrogen-bond donors (Lipinski definition) is 3. The molecule has 0 aliphatic rings. The van der Waals surface area contributed by atoms with Gasteiger partial charge in [-0.1, -0.05) is 231 Å². The highest BCUT2D eigenvalue weighted by Gasteiger charge is 2.18. The maximum atomic E-state index is 12.4. The summed E-state index contributed by atoms with van der Waals surface area (Å²) >= 11 is 0.